The van der Waals surface area contributed by atoms with Crippen molar-refractivity contribution < 1.29 is 9.21 Å². The molecule has 1 saturated heterocycles. The van der Waals surface area contributed by atoms with E-state index in [0.717, 1.165) is 31.7 Å². The highest BCUT2D eigenvalue weighted by atomic mass is 35.5. The molecule has 1 atom stereocenters. The number of nitrogens with one attached hydrogen (secondary N) is 2. The number of aromatic amines is 1. The molecule has 1 aliphatic rings. The Hall–Kier alpha value is -1.79. The summed E-state index contributed by atoms with van der Waals surface area (Å²) in [4.78, 5) is 14.4. The van der Waals surface area contributed by atoms with Crippen LogP contribution in [0.15, 0.2) is 28.9 Å². The number of carbonyl (C=O) groups is 1. The number of H-pyrrole nitrogens is 1. The molecule has 120 valence electrons. The minimum atomic E-state index is -0.00939. The summed E-state index contributed by atoms with van der Waals surface area (Å²) in [6.07, 6.45) is 3.82. The van der Waals surface area contributed by atoms with Gasteiger partial charge in [-0.05, 0) is 44.5 Å². The summed E-state index contributed by atoms with van der Waals surface area (Å²) in [6.45, 7) is 2.55. The number of aromatic nitrogens is 2. The lowest BCUT2D eigenvalue weighted by Gasteiger charge is -2.32. The molecule has 2 aromatic heterocycles. The van der Waals surface area contributed by atoms with Crippen molar-refractivity contribution in [2.75, 3.05) is 26.7 Å². The van der Waals surface area contributed by atoms with Crippen LogP contribution in [0.1, 0.15) is 23.3 Å². The van der Waals surface area contributed by atoms with Gasteiger partial charge in [0, 0.05) is 19.2 Å². The number of amides is 1. The molecule has 0 spiro atoms. The second-order valence-electron chi connectivity index (χ2n) is 5.46. The predicted octanol–water partition coefficient (Wildman–Crippen LogP) is 2.16. The molecule has 6 nitrogen and oxygen atoms in total. The molecule has 0 saturated carbocycles. The Morgan fingerprint density at radius 2 is 2.45 bits per heavy atom. The summed E-state index contributed by atoms with van der Waals surface area (Å²) < 4.78 is 5.30. The van der Waals surface area contributed by atoms with Crippen LogP contribution in [0.25, 0.3) is 11.5 Å². The molecule has 1 aliphatic heterocycles. The summed E-state index contributed by atoms with van der Waals surface area (Å²) in [7, 11) is 1.95. The average molecular weight is 325 g/mol. The molecule has 1 unspecified atom stereocenters. The van der Waals surface area contributed by atoms with E-state index in [9.17, 15) is 4.79 Å². The molecule has 1 amide bonds. The smallest absolute Gasteiger partial charge is 0.274 e. The van der Waals surface area contributed by atoms with E-state index in [1.54, 1.807) is 12.3 Å². The van der Waals surface area contributed by atoms with Gasteiger partial charge in [-0.15, -0.1) is 12.4 Å². The van der Waals surface area contributed by atoms with Crippen LogP contribution >= 0.6 is 12.4 Å². The second-order valence-corrected chi connectivity index (χ2v) is 5.46. The van der Waals surface area contributed by atoms with Gasteiger partial charge in [0.1, 0.15) is 5.69 Å². The molecule has 0 radical (unpaired) electrons. The van der Waals surface area contributed by atoms with Gasteiger partial charge in [-0.25, -0.2) is 0 Å². The van der Waals surface area contributed by atoms with E-state index < -0.39 is 0 Å². The third-order valence-corrected chi connectivity index (χ3v) is 3.88. The zero-order chi connectivity index (χ0) is 14.7. The number of carbonyl (C=O) groups excluding carboxylic acids is 1. The molecule has 7 heteroatoms. The van der Waals surface area contributed by atoms with Gasteiger partial charge in [-0.3, -0.25) is 9.89 Å². The van der Waals surface area contributed by atoms with Gasteiger partial charge in [-0.1, -0.05) is 0 Å². The molecule has 3 rings (SSSR count). The van der Waals surface area contributed by atoms with Crippen LogP contribution in [0.5, 0.6) is 0 Å². The van der Waals surface area contributed by atoms with Gasteiger partial charge in [-0.2, -0.15) is 5.10 Å². The van der Waals surface area contributed by atoms with Gasteiger partial charge in [0.2, 0.25) is 0 Å². The first-order valence-electron chi connectivity index (χ1n) is 7.31. The quantitative estimate of drug-likeness (QED) is 0.904. The summed E-state index contributed by atoms with van der Waals surface area (Å²) >= 11 is 0. The molecule has 2 aromatic rings. The van der Waals surface area contributed by atoms with Crippen LogP contribution in [0, 0.1) is 5.92 Å². The van der Waals surface area contributed by atoms with Crippen molar-refractivity contribution in [3.8, 4) is 11.5 Å². The molecule has 0 aliphatic carbocycles. The topological polar surface area (TPSA) is 74.2 Å². The fourth-order valence-corrected chi connectivity index (χ4v) is 2.86. The Bertz CT molecular complexity index is 594. The highest BCUT2D eigenvalue weighted by molar-refractivity contribution is 5.93. The van der Waals surface area contributed by atoms with Gasteiger partial charge >= 0.3 is 0 Å². The highest BCUT2D eigenvalue weighted by Crippen LogP contribution is 2.21. The number of halogens is 1. The average Bonchev–Trinajstić information content (AvgIpc) is 3.18. The van der Waals surface area contributed by atoms with E-state index in [4.69, 9.17) is 4.42 Å². The van der Waals surface area contributed by atoms with E-state index in [-0.39, 0.29) is 18.3 Å². The van der Waals surface area contributed by atoms with Crippen LogP contribution < -0.4 is 5.32 Å². The summed E-state index contributed by atoms with van der Waals surface area (Å²) in [5, 5.41) is 10.2. The Kier molecular flexibility index (Phi) is 5.63. The molecule has 0 bridgehead atoms. The third-order valence-electron chi connectivity index (χ3n) is 3.88. The van der Waals surface area contributed by atoms with Gasteiger partial charge in [0.25, 0.3) is 5.91 Å². The van der Waals surface area contributed by atoms with Crippen molar-refractivity contribution in [2.24, 2.45) is 5.92 Å². The van der Waals surface area contributed by atoms with E-state index in [1.807, 2.05) is 24.1 Å². The normalized spacial score (nSPS) is 18.0. The van der Waals surface area contributed by atoms with Crippen LogP contribution in [-0.4, -0.2) is 47.7 Å². The number of hydrogen-bond acceptors (Lipinski definition) is 4. The standard InChI is InChI=1S/C15H20N4O2.ClH/c1-16-9-11-4-2-6-19(10-11)15(20)13-8-12(17-18-13)14-5-3-7-21-14;/h3,5,7-8,11,16H,2,4,6,9-10H2,1H3,(H,17,18);1H. The van der Waals surface area contributed by atoms with Crippen molar-refractivity contribution in [3.63, 3.8) is 0 Å². The van der Waals surface area contributed by atoms with Crippen LogP contribution in [-0.2, 0) is 0 Å². The van der Waals surface area contributed by atoms with Crippen molar-refractivity contribution in [3.05, 3.63) is 30.2 Å². The Morgan fingerprint density at radius 1 is 1.59 bits per heavy atom. The maximum atomic E-state index is 12.5. The summed E-state index contributed by atoms with van der Waals surface area (Å²) in [5.41, 5.74) is 1.18. The molecule has 1 fully saturated rings. The van der Waals surface area contributed by atoms with Crippen molar-refractivity contribution in [1.29, 1.82) is 0 Å². The van der Waals surface area contributed by atoms with Gasteiger partial charge in [0.05, 0.1) is 6.26 Å². The summed E-state index contributed by atoms with van der Waals surface area (Å²) in [6, 6.07) is 5.40. The van der Waals surface area contributed by atoms with E-state index in [1.165, 1.54) is 6.42 Å². The second kappa shape index (κ2) is 7.47. The minimum Gasteiger partial charge on any atom is -0.463 e. The van der Waals surface area contributed by atoms with Gasteiger partial charge in [0.15, 0.2) is 11.5 Å². The fraction of sp³-hybridized carbons (Fsp3) is 0.467. The van der Waals surface area contributed by atoms with Gasteiger partial charge < -0.3 is 14.6 Å². The lowest BCUT2D eigenvalue weighted by molar-refractivity contribution is 0.0668. The third kappa shape index (κ3) is 3.51. The van der Waals surface area contributed by atoms with E-state index in [0.29, 0.717) is 17.4 Å². The monoisotopic (exact) mass is 324 g/mol. The zero-order valence-electron chi connectivity index (χ0n) is 12.5. The zero-order valence-corrected chi connectivity index (χ0v) is 13.4. The molecule has 2 N–H and O–H groups in total. The SMILES string of the molecule is CNCC1CCCN(C(=O)c2cc(-c3ccco3)[nH]n2)C1.Cl. The lowest BCUT2D eigenvalue weighted by Crippen LogP contribution is -2.42. The number of hydrogen-bond donors (Lipinski definition) is 2. The highest BCUT2D eigenvalue weighted by Gasteiger charge is 2.25. The van der Waals surface area contributed by atoms with Crippen LogP contribution in [0.2, 0.25) is 0 Å². The largest absolute Gasteiger partial charge is 0.463 e. The molecule has 0 aromatic carbocycles. The predicted molar refractivity (Wildman–Crippen MR) is 86.1 cm³/mol. The molecular weight excluding hydrogens is 304 g/mol. The Morgan fingerprint density at radius 3 is 3.18 bits per heavy atom. The maximum absolute atomic E-state index is 12.5. The number of piperidine rings is 1. The molecular formula is C15H21ClN4O2. The van der Waals surface area contributed by atoms with E-state index >= 15 is 0 Å². The summed E-state index contributed by atoms with van der Waals surface area (Å²) in [5.74, 6) is 1.20. The maximum Gasteiger partial charge on any atom is 0.274 e. The van der Waals surface area contributed by atoms with E-state index in [2.05, 4.69) is 15.5 Å². The van der Waals surface area contributed by atoms with Crippen molar-refractivity contribution >= 4 is 18.3 Å². The molecule has 22 heavy (non-hydrogen) atoms. The minimum absolute atomic E-state index is 0. The van der Waals surface area contributed by atoms with Crippen molar-refractivity contribution in [1.82, 2.24) is 20.4 Å². The Balaban J connectivity index is 0.00000176. The van der Waals surface area contributed by atoms with Crippen molar-refractivity contribution in [2.45, 2.75) is 12.8 Å². The lowest BCUT2D eigenvalue weighted by atomic mass is 9.98. The fourth-order valence-electron chi connectivity index (χ4n) is 2.86. The Labute approximate surface area is 135 Å². The molecule has 3 heterocycles. The van der Waals surface area contributed by atoms with Crippen LogP contribution in [0.4, 0.5) is 0 Å². The number of nitrogens with zero attached hydrogens (tertiary/aromatic N) is 2. The first kappa shape index (κ1) is 16.6. The first-order chi connectivity index (χ1) is 10.3. The first-order valence-corrected chi connectivity index (χ1v) is 7.31. The van der Waals surface area contributed by atoms with Crippen LogP contribution in [0.3, 0.4) is 0 Å². The number of rotatable bonds is 4. The number of likely N-dealkylation sites (tertiary alicyclic amines) is 1. The number of furan rings is 1.